The van der Waals surface area contributed by atoms with Gasteiger partial charge in [0.15, 0.2) is 0 Å². The maximum absolute atomic E-state index is 12.7. The van der Waals surface area contributed by atoms with Gasteiger partial charge in [-0.2, -0.15) is 0 Å². The first-order valence-electron chi connectivity index (χ1n) is 4.11. The maximum atomic E-state index is 12.7. The van der Waals surface area contributed by atoms with E-state index in [2.05, 4.69) is 5.32 Å². The Kier molecular flexibility index (Phi) is 2.55. The van der Waals surface area contributed by atoms with E-state index in [0.29, 0.717) is 5.69 Å². The number of rotatable bonds is 1. The molecule has 72 valence electrons. The second-order valence-corrected chi connectivity index (χ2v) is 4.03. The van der Waals surface area contributed by atoms with Crippen LogP contribution in [0, 0.1) is 11.6 Å². The van der Waals surface area contributed by atoms with E-state index in [9.17, 15) is 8.78 Å². The highest BCUT2D eigenvalue weighted by Gasteiger charge is 2.10. The van der Waals surface area contributed by atoms with Gasteiger partial charge >= 0.3 is 0 Å². The minimum Gasteiger partial charge on any atom is -0.380 e. The highest BCUT2D eigenvalue weighted by atomic mass is 19.1. The third-order valence-corrected chi connectivity index (χ3v) is 1.38. The second kappa shape index (κ2) is 3.32. The molecule has 0 aliphatic heterocycles. The molecule has 0 radical (unpaired) electrons. The van der Waals surface area contributed by atoms with E-state index in [-0.39, 0.29) is 5.54 Å². The summed E-state index contributed by atoms with van der Waals surface area (Å²) in [6.45, 7) is 5.78. The Bertz CT molecular complexity index is 282. The van der Waals surface area contributed by atoms with E-state index in [1.807, 2.05) is 20.8 Å². The molecule has 1 rings (SSSR count). The minimum atomic E-state index is -0.563. The van der Waals surface area contributed by atoms with Gasteiger partial charge < -0.3 is 5.32 Å². The van der Waals surface area contributed by atoms with Crippen molar-refractivity contribution < 1.29 is 8.78 Å². The van der Waals surface area contributed by atoms with Crippen LogP contribution in [0.15, 0.2) is 18.2 Å². The predicted molar refractivity (Wildman–Crippen MR) is 49.7 cm³/mol. The van der Waals surface area contributed by atoms with E-state index in [0.717, 1.165) is 6.07 Å². The summed E-state index contributed by atoms with van der Waals surface area (Å²) in [4.78, 5) is 0. The Morgan fingerprint density at radius 3 is 1.85 bits per heavy atom. The van der Waals surface area contributed by atoms with Crippen molar-refractivity contribution in [3.63, 3.8) is 0 Å². The molecule has 3 heteroatoms. The summed E-state index contributed by atoms with van der Waals surface area (Å²) in [7, 11) is 0. The lowest BCUT2D eigenvalue weighted by molar-refractivity contribution is 0.580. The molecule has 1 N–H and O–H groups in total. The summed E-state index contributed by atoms with van der Waals surface area (Å²) in [6.07, 6.45) is 0. The van der Waals surface area contributed by atoms with Gasteiger partial charge in [-0.3, -0.25) is 0 Å². The van der Waals surface area contributed by atoms with Crippen molar-refractivity contribution in [1.29, 1.82) is 0 Å². The lowest BCUT2D eigenvalue weighted by atomic mass is 10.1. The topological polar surface area (TPSA) is 12.0 Å². The van der Waals surface area contributed by atoms with E-state index >= 15 is 0 Å². The van der Waals surface area contributed by atoms with Gasteiger partial charge in [-0.15, -0.1) is 0 Å². The van der Waals surface area contributed by atoms with Crippen molar-refractivity contribution in [2.24, 2.45) is 0 Å². The number of nitrogens with one attached hydrogen (secondary N) is 1. The van der Waals surface area contributed by atoms with Crippen LogP contribution in [0.4, 0.5) is 14.5 Å². The molecule has 0 aliphatic rings. The van der Waals surface area contributed by atoms with E-state index in [4.69, 9.17) is 0 Å². The number of benzene rings is 1. The number of hydrogen-bond acceptors (Lipinski definition) is 1. The van der Waals surface area contributed by atoms with Gasteiger partial charge in [-0.25, -0.2) is 8.78 Å². The lowest BCUT2D eigenvalue weighted by Crippen LogP contribution is -2.26. The molecule has 0 amide bonds. The fourth-order valence-electron chi connectivity index (χ4n) is 1.06. The van der Waals surface area contributed by atoms with E-state index in [1.165, 1.54) is 12.1 Å². The zero-order valence-electron chi connectivity index (χ0n) is 7.99. The first kappa shape index (κ1) is 9.96. The average Bonchev–Trinajstić information content (AvgIpc) is 1.78. The summed E-state index contributed by atoms with van der Waals surface area (Å²) in [5, 5.41) is 2.98. The first-order valence-corrected chi connectivity index (χ1v) is 4.11. The first-order chi connectivity index (χ1) is 5.87. The smallest absolute Gasteiger partial charge is 0.128 e. The SMILES string of the molecule is CC(C)(C)Nc1cc(F)cc(F)c1. The molecule has 0 saturated carbocycles. The molecule has 0 aliphatic carbocycles. The predicted octanol–water partition coefficient (Wildman–Crippen LogP) is 3.18. The number of hydrogen-bond donors (Lipinski definition) is 1. The van der Waals surface area contributed by atoms with Crippen molar-refractivity contribution >= 4 is 5.69 Å². The quantitative estimate of drug-likeness (QED) is 0.708. The molecule has 1 aromatic rings. The van der Waals surface area contributed by atoms with Crippen LogP contribution in [0.3, 0.4) is 0 Å². The molecular formula is C10H13F2N. The van der Waals surface area contributed by atoms with Gasteiger partial charge in [-0.1, -0.05) is 0 Å². The molecule has 0 aromatic heterocycles. The lowest BCUT2D eigenvalue weighted by Gasteiger charge is -2.22. The molecular weight excluding hydrogens is 172 g/mol. The molecule has 0 spiro atoms. The molecule has 0 bridgehead atoms. The number of anilines is 1. The van der Waals surface area contributed by atoms with Crippen LogP contribution in [0.5, 0.6) is 0 Å². The van der Waals surface area contributed by atoms with Crippen molar-refractivity contribution in [1.82, 2.24) is 0 Å². The van der Waals surface area contributed by atoms with Crippen LogP contribution in [-0.2, 0) is 0 Å². The van der Waals surface area contributed by atoms with Gasteiger partial charge in [0.25, 0.3) is 0 Å². The van der Waals surface area contributed by atoms with Crippen LogP contribution in [0.1, 0.15) is 20.8 Å². The summed E-state index contributed by atoms with van der Waals surface area (Å²) in [5.41, 5.74) is 0.269. The van der Waals surface area contributed by atoms with Crippen LogP contribution in [-0.4, -0.2) is 5.54 Å². The summed E-state index contributed by atoms with van der Waals surface area (Å²) in [5.74, 6) is -1.13. The monoisotopic (exact) mass is 185 g/mol. The zero-order valence-corrected chi connectivity index (χ0v) is 7.99. The van der Waals surface area contributed by atoms with Gasteiger partial charge in [0.05, 0.1) is 0 Å². The fourth-order valence-corrected chi connectivity index (χ4v) is 1.06. The summed E-state index contributed by atoms with van der Waals surface area (Å²) in [6, 6.07) is 3.40. The van der Waals surface area contributed by atoms with E-state index in [1.54, 1.807) is 0 Å². The number of halogens is 2. The van der Waals surface area contributed by atoms with Gasteiger partial charge in [0.2, 0.25) is 0 Å². The molecule has 0 heterocycles. The standard InChI is InChI=1S/C10H13F2N/c1-10(2,3)13-9-5-7(11)4-8(12)6-9/h4-6,13H,1-3H3. The maximum Gasteiger partial charge on any atom is 0.128 e. The molecule has 1 aromatic carbocycles. The third kappa shape index (κ3) is 3.40. The highest BCUT2D eigenvalue weighted by Crippen LogP contribution is 2.17. The molecule has 0 unspecified atom stereocenters. The van der Waals surface area contributed by atoms with Crippen molar-refractivity contribution in [2.75, 3.05) is 5.32 Å². The molecule has 0 atom stereocenters. The molecule has 0 fully saturated rings. The van der Waals surface area contributed by atoms with Crippen LogP contribution in [0.2, 0.25) is 0 Å². The van der Waals surface area contributed by atoms with Crippen molar-refractivity contribution in [3.8, 4) is 0 Å². The Morgan fingerprint density at radius 1 is 1.00 bits per heavy atom. The largest absolute Gasteiger partial charge is 0.380 e. The Labute approximate surface area is 76.8 Å². The summed E-state index contributed by atoms with van der Waals surface area (Å²) < 4.78 is 25.4. The van der Waals surface area contributed by atoms with Gasteiger partial charge in [0.1, 0.15) is 11.6 Å². The molecule has 13 heavy (non-hydrogen) atoms. The Balaban J connectivity index is 2.90. The summed E-state index contributed by atoms with van der Waals surface area (Å²) >= 11 is 0. The normalized spacial score (nSPS) is 11.5. The molecule has 0 saturated heterocycles. The van der Waals surface area contributed by atoms with E-state index < -0.39 is 11.6 Å². The Morgan fingerprint density at radius 2 is 1.46 bits per heavy atom. The highest BCUT2D eigenvalue weighted by molar-refractivity contribution is 5.45. The second-order valence-electron chi connectivity index (χ2n) is 4.03. The third-order valence-electron chi connectivity index (χ3n) is 1.38. The molecule has 1 nitrogen and oxygen atoms in total. The van der Waals surface area contributed by atoms with Gasteiger partial charge in [0, 0.05) is 17.3 Å². The fraction of sp³-hybridized carbons (Fsp3) is 0.400. The van der Waals surface area contributed by atoms with Crippen LogP contribution in [0.25, 0.3) is 0 Å². The average molecular weight is 185 g/mol. The van der Waals surface area contributed by atoms with Crippen molar-refractivity contribution in [2.45, 2.75) is 26.3 Å². The zero-order chi connectivity index (χ0) is 10.1. The Hall–Kier alpha value is -1.12. The minimum absolute atomic E-state index is 0.194. The van der Waals surface area contributed by atoms with Crippen molar-refractivity contribution in [3.05, 3.63) is 29.8 Å². The van der Waals surface area contributed by atoms with Crippen LogP contribution >= 0.6 is 0 Å². The van der Waals surface area contributed by atoms with Gasteiger partial charge in [-0.05, 0) is 32.9 Å². The van der Waals surface area contributed by atoms with Crippen LogP contribution < -0.4 is 5.32 Å².